The van der Waals surface area contributed by atoms with Crippen molar-refractivity contribution >= 4 is 23.9 Å². The molecule has 0 fully saturated rings. The number of aliphatic imine (C=N–C) groups is 1. The second-order valence-corrected chi connectivity index (χ2v) is 3.38. The Morgan fingerprint density at radius 2 is 2.53 bits per heavy atom. The summed E-state index contributed by atoms with van der Waals surface area (Å²) in [5, 5.41) is 6.26. The third-order valence-electron chi connectivity index (χ3n) is 2.06. The Morgan fingerprint density at radius 3 is 3.20 bits per heavy atom. The van der Waals surface area contributed by atoms with E-state index < -0.39 is 0 Å². The summed E-state index contributed by atoms with van der Waals surface area (Å²) in [5.74, 6) is -0.384. The predicted octanol–water partition coefficient (Wildman–Crippen LogP) is 0.445. The van der Waals surface area contributed by atoms with E-state index in [-0.39, 0.29) is 12.1 Å². The summed E-state index contributed by atoms with van der Waals surface area (Å²) >= 11 is 5.87. The number of halogens is 1. The van der Waals surface area contributed by atoms with Gasteiger partial charge < -0.3 is 15.4 Å². The zero-order valence-corrected chi connectivity index (χ0v) is 8.84. The summed E-state index contributed by atoms with van der Waals surface area (Å²) < 4.78 is 4.86. The molecule has 2 rings (SSSR count). The number of fused-ring (bicyclic) bond motifs is 1. The number of hydrogen-bond donors (Lipinski definition) is 2. The van der Waals surface area contributed by atoms with Crippen LogP contribution in [0, 0.1) is 0 Å². The Morgan fingerprint density at radius 1 is 1.73 bits per heavy atom. The van der Waals surface area contributed by atoms with Gasteiger partial charge in [-0.25, -0.2) is 9.79 Å². The maximum atomic E-state index is 11.4. The Kier molecular flexibility index (Phi) is 2.64. The van der Waals surface area contributed by atoms with Crippen LogP contribution in [-0.2, 0) is 9.53 Å². The molecule has 0 aliphatic carbocycles. The third kappa shape index (κ3) is 1.83. The van der Waals surface area contributed by atoms with Crippen LogP contribution >= 0.6 is 11.6 Å². The van der Waals surface area contributed by atoms with Crippen LogP contribution in [0.3, 0.4) is 0 Å². The van der Waals surface area contributed by atoms with E-state index in [1.165, 1.54) is 6.34 Å². The summed E-state index contributed by atoms with van der Waals surface area (Å²) in [6, 6.07) is 0. The summed E-state index contributed by atoms with van der Waals surface area (Å²) in [6.07, 6.45) is 2.95. The number of ether oxygens (including phenoxy) is 1. The number of nitrogens with one attached hydrogen (secondary N) is 2. The number of rotatable bonds is 2. The van der Waals surface area contributed by atoms with Gasteiger partial charge in [-0.05, 0) is 13.0 Å². The van der Waals surface area contributed by atoms with Gasteiger partial charge in [-0.15, -0.1) is 0 Å². The molecule has 1 unspecified atom stereocenters. The second-order valence-electron chi connectivity index (χ2n) is 3.03. The van der Waals surface area contributed by atoms with Crippen molar-refractivity contribution in [1.82, 2.24) is 10.6 Å². The minimum Gasteiger partial charge on any atom is -0.461 e. The van der Waals surface area contributed by atoms with Crippen LogP contribution in [-0.4, -0.2) is 25.1 Å². The zero-order valence-electron chi connectivity index (χ0n) is 8.08. The van der Waals surface area contributed by atoms with Crippen LogP contribution in [0.4, 0.5) is 0 Å². The largest absolute Gasteiger partial charge is 0.461 e. The minimum absolute atomic E-state index is 0.186. The molecule has 0 aromatic rings. The molecule has 0 radical (unpaired) electrons. The number of esters is 1. The summed E-state index contributed by atoms with van der Waals surface area (Å²) in [4.78, 5) is 15.3. The van der Waals surface area contributed by atoms with Gasteiger partial charge in [-0.3, -0.25) is 0 Å². The molecule has 0 spiro atoms. The van der Waals surface area contributed by atoms with Crippen molar-refractivity contribution in [3.05, 3.63) is 22.5 Å². The van der Waals surface area contributed by atoms with Crippen LogP contribution in [0.15, 0.2) is 27.5 Å². The molecule has 1 atom stereocenters. The number of hydrogen-bond acceptors (Lipinski definition) is 5. The van der Waals surface area contributed by atoms with Gasteiger partial charge in [0.2, 0.25) is 0 Å². The molecule has 0 saturated carbocycles. The van der Waals surface area contributed by atoms with Gasteiger partial charge in [0, 0.05) is 5.57 Å². The smallest absolute Gasteiger partial charge is 0.354 e. The van der Waals surface area contributed by atoms with Gasteiger partial charge in [-0.2, -0.15) is 0 Å². The maximum absolute atomic E-state index is 11.4. The maximum Gasteiger partial charge on any atom is 0.354 e. The van der Waals surface area contributed by atoms with E-state index in [2.05, 4.69) is 15.6 Å². The lowest BCUT2D eigenvalue weighted by Gasteiger charge is -2.17. The van der Waals surface area contributed by atoms with Crippen LogP contribution in [0.1, 0.15) is 6.92 Å². The highest BCUT2D eigenvalue weighted by atomic mass is 35.5. The van der Waals surface area contributed by atoms with E-state index in [9.17, 15) is 4.79 Å². The predicted molar refractivity (Wildman–Crippen MR) is 56.1 cm³/mol. The molecule has 2 aliphatic rings. The normalized spacial score (nSPS) is 22.8. The quantitative estimate of drug-likeness (QED) is 0.531. The molecule has 0 amide bonds. The lowest BCUT2D eigenvalue weighted by molar-refractivity contribution is -0.138. The summed E-state index contributed by atoms with van der Waals surface area (Å²) in [6.45, 7) is 2.10. The van der Waals surface area contributed by atoms with Gasteiger partial charge in [0.15, 0.2) is 0 Å². The highest BCUT2D eigenvalue weighted by Crippen LogP contribution is 2.24. The van der Waals surface area contributed by atoms with E-state index >= 15 is 0 Å². The Hall–Kier alpha value is -1.49. The third-order valence-corrected chi connectivity index (χ3v) is 2.38. The highest BCUT2D eigenvalue weighted by molar-refractivity contribution is 6.30. The average Bonchev–Trinajstić information content (AvgIpc) is 2.63. The molecule has 0 saturated heterocycles. The van der Waals surface area contributed by atoms with Crippen molar-refractivity contribution in [1.29, 1.82) is 0 Å². The number of carbonyl (C=O) groups excluding carboxylic acids is 1. The monoisotopic (exact) mass is 227 g/mol. The van der Waals surface area contributed by atoms with E-state index in [1.54, 1.807) is 13.0 Å². The molecule has 2 aliphatic heterocycles. The summed E-state index contributed by atoms with van der Waals surface area (Å²) in [7, 11) is 0. The molecule has 0 aromatic heterocycles. The zero-order chi connectivity index (χ0) is 10.8. The van der Waals surface area contributed by atoms with Crippen molar-refractivity contribution in [3.63, 3.8) is 0 Å². The standard InChI is InChI=1S/C9H10ClN3O2/c1-2-15-9(14)6-3-5-7(10)11-4-12-8(5)13-6/h3-4,8,13H,2H2,1H3,(H,11,12). The van der Waals surface area contributed by atoms with Gasteiger partial charge in [0.05, 0.1) is 12.9 Å². The Balaban J connectivity index is 2.20. The molecule has 15 heavy (non-hydrogen) atoms. The summed E-state index contributed by atoms with van der Waals surface area (Å²) in [5.41, 5.74) is 1.15. The van der Waals surface area contributed by atoms with Crippen molar-refractivity contribution in [2.75, 3.05) is 6.61 Å². The molecule has 6 heteroatoms. The number of carbonyl (C=O) groups is 1. The first kappa shape index (κ1) is 10.0. The van der Waals surface area contributed by atoms with Crippen molar-refractivity contribution in [2.24, 2.45) is 4.99 Å². The SMILES string of the molecule is CCOC(=O)C1=CC2=C(Cl)N=CNC2N1. The lowest BCUT2D eigenvalue weighted by atomic mass is 10.2. The second kappa shape index (κ2) is 3.94. The average molecular weight is 228 g/mol. The van der Waals surface area contributed by atoms with Crippen LogP contribution in [0.2, 0.25) is 0 Å². The molecule has 5 nitrogen and oxygen atoms in total. The number of nitrogens with zero attached hydrogens (tertiary/aromatic N) is 1. The van der Waals surface area contributed by atoms with Gasteiger partial charge in [0.1, 0.15) is 17.0 Å². The molecule has 0 bridgehead atoms. The highest BCUT2D eigenvalue weighted by Gasteiger charge is 2.28. The first-order valence-corrected chi connectivity index (χ1v) is 4.93. The van der Waals surface area contributed by atoms with Gasteiger partial charge >= 0.3 is 5.97 Å². The van der Waals surface area contributed by atoms with E-state index in [1.807, 2.05) is 0 Å². The van der Waals surface area contributed by atoms with E-state index in [0.29, 0.717) is 17.5 Å². The molecule has 2 N–H and O–H groups in total. The van der Waals surface area contributed by atoms with Gasteiger partial charge in [0.25, 0.3) is 0 Å². The van der Waals surface area contributed by atoms with Crippen LogP contribution in [0.25, 0.3) is 0 Å². The Labute approximate surface area is 91.8 Å². The molecule has 80 valence electrons. The topological polar surface area (TPSA) is 62.7 Å². The van der Waals surface area contributed by atoms with Crippen LogP contribution < -0.4 is 10.6 Å². The van der Waals surface area contributed by atoms with Crippen LogP contribution in [0.5, 0.6) is 0 Å². The minimum atomic E-state index is -0.384. The fourth-order valence-electron chi connectivity index (χ4n) is 1.39. The molecule has 2 heterocycles. The fraction of sp³-hybridized carbons (Fsp3) is 0.333. The van der Waals surface area contributed by atoms with Crippen molar-refractivity contribution < 1.29 is 9.53 Å². The molecular weight excluding hydrogens is 218 g/mol. The molecule has 0 aromatic carbocycles. The van der Waals surface area contributed by atoms with Gasteiger partial charge in [-0.1, -0.05) is 11.6 Å². The first-order chi connectivity index (χ1) is 7.22. The lowest BCUT2D eigenvalue weighted by Crippen LogP contribution is -2.41. The molecular formula is C9H10ClN3O2. The first-order valence-electron chi connectivity index (χ1n) is 4.56. The van der Waals surface area contributed by atoms with E-state index in [0.717, 1.165) is 5.57 Å². The van der Waals surface area contributed by atoms with E-state index in [4.69, 9.17) is 16.3 Å². The fourth-order valence-corrected chi connectivity index (χ4v) is 1.61. The van der Waals surface area contributed by atoms with Crippen molar-refractivity contribution in [2.45, 2.75) is 13.1 Å². The Bertz CT molecular complexity index is 387. The van der Waals surface area contributed by atoms with Crippen molar-refractivity contribution in [3.8, 4) is 0 Å².